The summed E-state index contributed by atoms with van der Waals surface area (Å²) >= 11 is 0. The van der Waals surface area contributed by atoms with Crippen LogP contribution in [0.4, 0.5) is 15.8 Å². The predicted molar refractivity (Wildman–Crippen MR) is 164 cm³/mol. The van der Waals surface area contributed by atoms with Gasteiger partial charge in [0, 0.05) is 43.0 Å². The van der Waals surface area contributed by atoms with E-state index < -0.39 is 23.8 Å². The molecule has 2 saturated heterocycles. The molecule has 3 aliphatic rings. The van der Waals surface area contributed by atoms with Crippen molar-refractivity contribution in [2.24, 2.45) is 5.92 Å². The quantitative estimate of drug-likeness (QED) is 0.353. The van der Waals surface area contributed by atoms with Gasteiger partial charge < -0.3 is 29.5 Å². The van der Waals surface area contributed by atoms with Gasteiger partial charge in [-0.2, -0.15) is 0 Å². The summed E-state index contributed by atoms with van der Waals surface area (Å²) in [4.78, 5) is 30.8. The topological polar surface area (TPSA) is 101 Å². The number of benzene rings is 3. The zero-order valence-corrected chi connectivity index (χ0v) is 25.1. The Hall–Kier alpha value is -4.15. The third kappa shape index (κ3) is 5.96. The average Bonchev–Trinajstić information content (AvgIpc) is 3.66. The van der Waals surface area contributed by atoms with Crippen LogP contribution in [0.3, 0.4) is 0 Å². The van der Waals surface area contributed by atoms with E-state index in [9.17, 15) is 19.1 Å². The zero-order chi connectivity index (χ0) is 30.8. The number of anilines is 2. The molecule has 2 fully saturated rings. The van der Waals surface area contributed by atoms with Crippen molar-refractivity contribution in [2.75, 3.05) is 56.4 Å². The van der Waals surface area contributed by atoms with E-state index in [0.717, 1.165) is 41.0 Å². The fourth-order valence-corrected chi connectivity index (χ4v) is 6.78. The first-order valence-corrected chi connectivity index (χ1v) is 15.3. The Morgan fingerprint density at radius 2 is 1.59 bits per heavy atom. The van der Waals surface area contributed by atoms with Crippen molar-refractivity contribution in [3.63, 3.8) is 0 Å². The van der Waals surface area contributed by atoms with E-state index in [1.165, 1.54) is 12.1 Å². The van der Waals surface area contributed by atoms with Crippen molar-refractivity contribution in [1.29, 1.82) is 0 Å². The first kappa shape index (κ1) is 29.9. The fraction of sp³-hybridized carbons (Fsp3) is 0.412. The number of likely N-dealkylation sites (tertiary alicyclic amines) is 1. The molecule has 0 radical (unpaired) electrons. The first-order valence-electron chi connectivity index (χ1n) is 15.3. The van der Waals surface area contributed by atoms with Crippen molar-refractivity contribution in [3.05, 3.63) is 82.7 Å². The summed E-state index contributed by atoms with van der Waals surface area (Å²) in [5.74, 6) is -1.53. The minimum absolute atomic E-state index is 0.0234. The number of carboxylic acids is 1. The minimum Gasteiger partial charge on any atom is -0.481 e. The molecule has 0 saturated carbocycles. The van der Waals surface area contributed by atoms with Crippen LogP contribution in [0.2, 0.25) is 0 Å². The molecule has 0 aromatic heterocycles. The van der Waals surface area contributed by atoms with Gasteiger partial charge in [0.25, 0.3) is 0 Å². The molecule has 2 N–H and O–H groups in total. The number of nitrogens with one attached hydrogen (secondary N) is 1. The smallest absolute Gasteiger partial charge is 0.309 e. The summed E-state index contributed by atoms with van der Waals surface area (Å²) < 4.78 is 30.8. The van der Waals surface area contributed by atoms with Gasteiger partial charge in [0.05, 0.1) is 25.7 Å². The molecule has 9 nitrogen and oxygen atoms in total. The van der Waals surface area contributed by atoms with E-state index in [0.29, 0.717) is 49.8 Å². The fourth-order valence-electron chi connectivity index (χ4n) is 6.78. The summed E-state index contributed by atoms with van der Waals surface area (Å²) in [5, 5.41) is 13.7. The summed E-state index contributed by atoms with van der Waals surface area (Å²) in [6.07, 6.45) is 1.13. The highest BCUT2D eigenvalue weighted by molar-refractivity contribution is 5.94. The number of rotatable bonds is 9. The van der Waals surface area contributed by atoms with Gasteiger partial charge in [-0.1, -0.05) is 32.0 Å². The number of ether oxygens (including phenoxy) is 3. The molecular weight excluding hydrogens is 565 g/mol. The Labute approximate surface area is 256 Å². The molecule has 3 aliphatic heterocycles. The SMILES string of the molecule is CCc1cc(F)cc(CC)c1NC(=O)CN1C[C@H](c2ccc3c(c2)OCO3)C(C(=O)O)[C@@H]1c1ccc(N2CCOCC2)cc1. The second-order valence-electron chi connectivity index (χ2n) is 11.5. The number of halogens is 1. The van der Waals surface area contributed by atoms with Crippen LogP contribution in [-0.4, -0.2) is 68.1 Å². The van der Waals surface area contributed by atoms with Crippen LogP contribution < -0.4 is 19.7 Å². The lowest BCUT2D eigenvalue weighted by Crippen LogP contribution is -2.36. The average molecular weight is 604 g/mol. The maximum atomic E-state index is 14.2. The highest BCUT2D eigenvalue weighted by Gasteiger charge is 2.48. The molecule has 0 spiro atoms. The molecule has 232 valence electrons. The number of carbonyl (C=O) groups is 2. The third-order valence-corrected chi connectivity index (χ3v) is 8.96. The first-order chi connectivity index (χ1) is 21.4. The van der Waals surface area contributed by atoms with E-state index in [-0.39, 0.29) is 25.1 Å². The van der Waals surface area contributed by atoms with Gasteiger partial charge in [-0.15, -0.1) is 0 Å². The second-order valence-corrected chi connectivity index (χ2v) is 11.5. The van der Waals surface area contributed by atoms with Gasteiger partial charge in [0.1, 0.15) is 5.82 Å². The molecule has 0 aliphatic carbocycles. The van der Waals surface area contributed by atoms with Crippen molar-refractivity contribution >= 4 is 23.3 Å². The van der Waals surface area contributed by atoms with Crippen LogP contribution in [0.1, 0.15) is 48.1 Å². The molecule has 1 amide bonds. The molecular formula is C34H38FN3O6. The van der Waals surface area contributed by atoms with Crippen LogP contribution in [0.5, 0.6) is 11.5 Å². The number of morpholine rings is 1. The molecule has 6 rings (SSSR count). The third-order valence-electron chi connectivity index (χ3n) is 8.96. The van der Waals surface area contributed by atoms with E-state index in [1.807, 2.05) is 61.2 Å². The maximum Gasteiger partial charge on any atom is 0.309 e. The second kappa shape index (κ2) is 12.8. The van der Waals surface area contributed by atoms with Gasteiger partial charge in [-0.05, 0) is 71.5 Å². The molecule has 3 aromatic carbocycles. The molecule has 3 atom stereocenters. The lowest BCUT2D eigenvalue weighted by Gasteiger charge is -2.30. The van der Waals surface area contributed by atoms with Crippen molar-refractivity contribution in [2.45, 2.75) is 38.6 Å². The molecule has 0 bridgehead atoms. The molecule has 1 unspecified atom stereocenters. The van der Waals surface area contributed by atoms with Gasteiger partial charge >= 0.3 is 5.97 Å². The van der Waals surface area contributed by atoms with Gasteiger partial charge in [-0.25, -0.2) is 4.39 Å². The summed E-state index contributed by atoms with van der Waals surface area (Å²) in [7, 11) is 0. The Morgan fingerprint density at radius 3 is 2.25 bits per heavy atom. The number of carbonyl (C=O) groups excluding carboxylic acids is 1. The van der Waals surface area contributed by atoms with Crippen LogP contribution in [0, 0.1) is 11.7 Å². The number of nitrogens with zero attached hydrogens (tertiary/aromatic N) is 2. The standard InChI is InChI=1S/C34H38FN3O6/c1-3-21-15-25(35)16-22(4-2)32(21)36-30(39)19-38-18-27(24-7-10-28-29(17-24)44-20-43-28)31(34(40)41)33(38)23-5-8-26(9-6-23)37-11-13-42-14-12-37/h5-10,15-17,27,31,33H,3-4,11-14,18-20H2,1-2H3,(H,36,39)(H,40,41)/t27-,31?,33+/m1/s1. The Balaban J connectivity index is 1.33. The maximum absolute atomic E-state index is 14.2. The molecule has 44 heavy (non-hydrogen) atoms. The monoisotopic (exact) mass is 603 g/mol. The lowest BCUT2D eigenvalue weighted by atomic mass is 9.82. The summed E-state index contributed by atoms with van der Waals surface area (Å²) in [5.41, 5.74) is 4.79. The number of carboxylic acid groups (broad SMARTS) is 1. The Morgan fingerprint density at radius 1 is 0.932 bits per heavy atom. The molecule has 10 heteroatoms. The van der Waals surface area contributed by atoms with Gasteiger partial charge in [-0.3, -0.25) is 14.5 Å². The minimum atomic E-state index is -0.932. The highest BCUT2D eigenvalue weighted by atomic mass is 19.1. The van der Waals surface area contributed by atoms with E-state index in [4.69, 9.17) is 14.2 Å². The van der Waals surface area contributed by atoms with Crippen LogP contribution in [0.15, 0.2) is 54.6 Å². The predicted octanol–water partition coefficient (Wildman–Crippen LogP) is 5.00. The summed E-state index contributed by atoms with van der Waals surface area (Å²) in [6, 6.07) is 15.9. The van der Waals surface area contributed by atoms with Crippen molar-refractivity contribution in [1.82, 2.24) is 4.90 Å². The van der Waals surface area contributed by atoms with Crippen molar-refractivity contribution in [3.8, 4) is 11.5 Å². The molecule has 3 heterocycles. The van der Waals surface area contributed by atoms with Crippen molar-refractivity contribution < 1.29 is 33.3 Å². The number of hydrogen-bond donors (Lipinski definition) is 2. The molecule has 3 aromatic rings. The lowest BCUT2D eigenvalue weighted by molar-refractivity contribution is -0.143. The van der Waals surface area contributed by atoms with Crippen LogP contribution in [0.25, 0.3) is 0 Å². The highest BCUT2D eigenvalue weighted by Crippen LogP contribution is 2.48. The number of fused-ring (bicyclic) bond motifs is 1. The Kier molecular flexibility index (Phi) is 8.72. The number of aryl methyl sites for hydroxylation is 2. The van der Waals surface area contributed by atoms with Gasteiger partial charge in [0.2, 0.25) is 12.7 Å². The number of aliphatic carboxylic acids is 1. The Bertz CT molecular complexity index is 1500. The van der Waals surface area contributed by atoms with E-state index in [2.05, 4.69) is 10.2 Å². The normalized spacial score (nSPS) is 21.4. The largest absolute Gasteiger partial charge is 0.481 e. The zero-order valence-electron chi connectivity index (χ0n) is 25.1. The van der Waals surface area contributed by atoms with Crippen LogP contribution in [-0.2, 0) is 27.2 Å². The van der Waals surface area contributed by atoms with E-state index in [1.54, 1.807) is 0 Å². The summed E-state index contributed by atoms with van der Waals surface area (Å²) in [6.45, 7) is 7.22. The van der Waals surface area contributed by atoms with Crippen LogP contribution >= 0.6 is 0 Å². The number of amides is 1. The number of hydrogen-bond acceptors (Lipinski definition) is 7. The van der Waals surface area contributed by atoms with Gasteiger partial charge in [0.15, 0.2) is 11.5 Å². The van der Waals surface area contributed by atoms with E-state index >= 15 is 0 Å².